The van der Waals surface area contributed by atoms with E-state index in [0.717, 1.165) is 11.4 Å². The van der Waals surface area contributed by atoms with Gasteiger partial charge in [0, 0.05) is 13.5 Å². The highest BCUT2D eigenvalue weighted by atomic mass is 16.1. The molecule has 1 aromatic carbocycles. The highest BCUT2D eigenvalue weighted by Crippen LogP contribution is 2.13. The lowest BCUT2D eigenvalue weighted by molar-refractivity contribution is 0.836. The zero-order valence-electron chi connectivity index (χ0n) is 10.4. The molecule has 0 radical (unpaired) electrons. The second kappa shape index (κ2) is 4.24. The number of fused-ring (bicyclic) bond motifs is 1. The Hall–Kier alpha value is -2.63. The fourth-order valence-electron chi connectivity index (χ4n) is 2.07. The number of aromatic amines is 1. The number of hydrogen-bond donors (Lipinski definition) is 2. The monoisotopic (exact) mass is 255 g/mol. The van der Waals surface area contributed by atoms with Crippen molar-refractivity contribution in [3.8, 4) is 0 Å². The fraction of sp³-hybridized carbons (Fsp3) is 0.154. The van der Waals surface area contributed by atoms with E-state index in [2.05, 4.69) is 15.0 Å². The molecule has 0 amide bonds. The van der Waals surface area contributed by atoms with E-state index < -0.39 is 0 Å². The molecule has 0 saturated carbocycles. The van der Waals surface area contributed by atoms with E-state index in [0.29, 0.717) is 17.6 Å². The van der Waals surface area contributed by atoms with Crippen LogP contribution < -0.4 is 11.3 Å². The molecule has 6 heteroatoms. The number of H-pyrrole nitrogens is 1. The van der Waals surface area contributed by atoms with E-state index >= 15 is 0 Å². The van der Waals surface area contributed by atoms with Crippen LogP contribution in [-0.2, 0) is 13.5 Å². The summed E-state index contributed by atoms with van der Waals surface area (Å²) in [5.41, 5.74) is 7.20. The van der Waals surface area contributed by atoms with Gasteiger partial charge in [-0.05, 0) is 5.56 Å². The Morgan fingerprint density at radius 2 is 2.00 bits per heavy atom. The average Bonchev–Trinajstić information content (AvgIpc) is 2.69. The third-order valence-corrected chi connectivity index (χ3v) is 3.05. The van der Waals surface area contributed by atoms with Crippen LogP contribution in [-0.4, -0.2) is 19.5 Å². The number of aromatic nitrogens is 4. The largest absolute Gasteiger partial charge is 0.369 e. The molecule has 0 aliphatic rings. The molecule has 0 unspecified atom stereocenters. The van der Waals surface area contributed by atoms with Gasteiger partial charge in [-0.25, -0.2) is 4.98 Å². The molecule has 0 aliphatic heterocycles. The molecule has 6 nitrogen and oxygen atoms in total. The van der Waals surface area contributed by atoms with Gasteiger partial charge in [0.2, 0.25) is 5.95 Å². The van der Waals surface area contributed by atoms with Crippen LogP contribution in [0.15, 0.2) is 35.1 Å². The fourth-order valence-corrected chi connectivity index (χ4v) is 2.07. The highest BCUT2D eigenvalue weighted by molar-refractivity contribution is 5.71. The van der Waals surface area contributed by atoms with Crippen molar-refractivity contribution >= 4 is 17.1 Å². The summed E-state index contributed by atoms with van der Waals surface area (Å²) in [6, 6.07) is 9.95. The second-order valence-electron chi connectivity index (χ2n) is 4.37. The van der Waals surface area contributed by atoms with Crippen molar-refractivity contribution in [1.29, 1.82) is 0 Å². The molecule has 0 atom stereocenters. The van der Waals surface area contributed by atoms with Crippen LogP contribution in [0.2, 0.25) is 0 Å². The molecule has 2 heterocycles. The molecule has 2 aromatic heterocycles. The maximum Gasteiger partial charge on any atom is 0.280 e. The quantitative estimate of drug-likeness (QED) is 0.709. The van der Waals surface area contributed by atoms with E-state index in [1.807, 2.05) is 37.4 Å². The molecule has 0 bridgehead atoms. The van der Waals surface area contributed by atoms with Crippen LogP contribution in [0, 0.1) is 0 Å². The van der Waals surface area contributed by atoms with Crippen LogP contribution in [0.25, 0.3) is 11.2 Å². The molecule has 0 spiro atoms. The average molecular weight is 255 g/mol. The highest BCUT2D eigenvalue weighted by Gasteiger charge is 2.13. The first-order chi connectivity index (χ1) is 9.15. The summed E-state index contributed by atoms with van der Waals surface area (Å²) in [6.07, 6.45) is 0.646. The van der Waals surface area contributed by atoms with E-state index in [-0.39, 0.29) is 11.5 Å². The molecule has 0 saturated heterocycles. The summed E-state index contributed by atoms with van der Waals surface area (Å²) >= 11 is 0. The molecule has 96 valence electrons. The third kappa shape index (κ3) is 1.97. The second-order valence-corrected chi connectivity index (χ2v) is 4.37. The summed E-state index contributed by atoms with van der Waals surface area (Å²) in [5.74, 6) is 0.886. The Morgan fingerprint density at radius 1 is 1.26 bits per heavy atom. The minimum Gasteiger partial charge on any atom is -0.369 e. The van der Waals surface area contributed by atoms with Crippen molar-refractivity contribution in [2.45, 2.75) is 6.42 Å². The summed E-state index contributed by atoms with van der Waals surface area (Å²) in [6.45, 7) is 0. The Bertz CT molecular complexity index is 788. The van der Waals surface area contributed by atoms with Crippen LogP contribution in [0.5, 0.6) is 0 Å². The summed E-state index contributed by atoms with van der Waals surface area (Å²) in [4.78, 5) is 22.7. The lowest BCUT2D eigenvalue weighted by Crippen LogP contribution is -2.11. The van der Waals surface area contributed by atoms with Gasteiger partial charge in [0.05, 0.1) is 0 Å². The van der Waals surface area contributed by atoms with E-state index in [9.17, 15) is 4.79 Å². The number of anilines is 1. The Kier molecular flexibility index (Phi) is 2.56. The topological polar surface area (TPSA) is 89.6 Å². The standard InChI is InChI=1S/C13H13N5O/c1-18-9(7-8-5-3-2-4-6-8)15-10-11(18)16-13(14)17-12(10)19/h2-6H,7H2,1H3,(H3,14,16,17,19). The summed E-state index contributed by atoms with van der Waals surface area (Å²) < 4.78 is 1.80. The molecule has 3 N–H and O–H groups in total. The van der Waals surface area contributed by atoms with Gasteiger partial charge < -0.3 is 10.3 Å². The van der Waals surface area contributed by atoms with E-state index in [1.54, 1.807) is 4.57 Å². The minimum absolute atomic E-state index is 0.103. The number of nitrogen functional groups attached to an aromatic ring is 1. The van der Waals surface area contributed by atoms with E-state index in [4.69, 9.17) is 5.73 Å². The Morgan fingerprint density at radius 3 is 2.74 bits per heavy atom. The predicted octanol–water partition coefficient (Wildman–Crippen LogP) is 0.830. The van der Waals surface area contributed by atoms with Gasteiger partial charge in [-0.15, -0.1) is 0 Å². The van der Waals surface area contributed by atoms with Gasteiger partial charge >= 0.3 is 0 Å². The summed E-state index contributed by atoms with van der Waals surface area (Å²) in [7, 11) is 1.83. The first-order valence-electron chi connectivity index (χ1n) is 5.90. The minimum atomic E-state index is -0.308. The number of nitrogens with one attached hydrogen (secondary N) is 1. The lowest BCUT2D eigenvalue weighted by atomic mass is 10.1. The number of aryl methyl sites for hydroxylation is 1. The number of hydrogen-bond acceptors (Lipinski definition) is 4. The van der Waals surface area contributed by atoms with Crippen LogP contribution in [0.3, 0.4) is 0 Å². The van der Waals surface area contributed by atoms with Crippen molar-refractivity contribution in [3.05, 3.63) is 52.1 Å². The van der Waals surface area contributed by atoms with Gasteiger partial charge in [-0.2, -0.15) is 4.98 Å². The molecule has 19 heavy (non-hydrogen) atoms. The first kappa shape index (κ1) is 11.5. The molecule has 3 aromatic rings. The van der Waals surface area contributed by atoms with Crippen molar-refractivity contribution in [2.75, 3.05) is 5.73 Å². The SMILES string of the molecule is Cn1c(Cc2ccccc2)nc2c(=O)[nH]c(N)nc21. The number of imidazole rings is 1. The molecular weight excluding hydrogens is 242 g/mol. The van der Waals surface area contributed by atoms with Crippen molar-refractivity contribution in [2.24, 2.45) is 7.05 Å². The van der Waals surface area contributed by atoms with Gasteiger partial charge in [0.15, 0.2) is 11.2 Å². The Balaban J connectivity index is 2.13. The summed E-state index contributed by atoms with van der Waals surface area (Å²) in [5, 5.41) is 0. The number of benzene rings is 1. The van der Waals surface area contributed by atoms with Crippen LogP contribution >= 0.6 is 0 Å². The van der Waals surface area contributed by atoms with Crippen molar-refractivity contribution in [1.82, 2.24) is 19.5 Å². The Labute approximate surface area is 108 Å². The molecule has 3 rings (SSSR count). The molecule has 0 aliphatic carbocycles. The van der Waals surface area contributed by atoms with Crippen molar-refractivity contribution < 1.29 is 0 Å². The maximum atomic E-state index is 11.8. The maximum absolute atomic E-state index is 11.8. The third-order valence-electron chi connectivity index (χ3n) is 3.05. The number of rotatable bonds is 2. The van der Waals surface area contributed by atoms with Crippen molar-refractivity contribution in [3.63, 3.8) is 0 Å². The number of nitrogens with two attached hydrogens (primary N) is 1. The number of nitrogens with zero attached hydrogens (tertiary/aromatic N) is 3. The lowest BCUT2D eigenvalue weighted by Gasteiger charge is -2.02. The van der Waals surface area contributed by atoms with Crippen LogP contribution in [0.1, 0.15) is 11.4 Å². The van der Waals surface area contributed by atoms with E-state index in [1.165, 1.54) is 0 Å². The van der Waals surface area contributed by atoms with Gasteiger partial charge in [0.1, 0.15) is 5.82 Å². The molecule has 0 fully saturated rings. The smallest absolute Gasteiger partial charge is 0.280 e. The predicted molar refractivity (Wildman–Crippen MR) is 72.8 cm³/mol. The molecular formula is C13H13N5O. The zero-order chi connectivity index (χ0) is 13.4. The van der Waals surface area contributed by atoms with Gasteiger partial charge in [-0.3, -0.25) is 9.78 Å². The van der Waals surface area contributed by atoms with Gasteiger partial charge in [-0.1, -0.05) is 30.3 Å². The zero-order valence-corrected chi connectivity index (χ0v) is 10.4. The van der Waals surface area contributed by atoms with Crippen LogP contribution in [0.4, 0.5) is 5.95 Å². The normalized spacial score (nSPS) is 11.0. The first-order valence-corrected chi connectivity index (χ1v) is 5.90. The van der Waals surface area contributed by atoms with Gasteiger partial charge in [0.25, 0.3) is 5.56 Å².